The Hall–Kier alpha value is -1.70. The number of nitrogens with one attached hydrogen (secondary N) is 1. The van der Waals surface area contributed by atoms with E-state index in [9.17, 15) is 13.2 Å². The van der Waals surface area contributed by atoms with Crippen molar-refractivity contribution in [3.8, 4) is 0 Å². The average molecular weight is 407 g/mol. The van der Waals surface area contributed by atoms with Gasteiger partial charge in [-0.05, 0) is 55.5 Å². The van der Waals surface area contributed by atoms with Gasteiger partial charge in [0.05, 0.1) is 10.9 Å². The van der Waals surface area contributed by atoms with Gasteiger partial charge in [0.25, 0.3) is 5.91 Å². The van der Waals surface area contributed by atoms with Crippen molar-refractivity contribution in [2.75, 3.05) is 7.05 Å². The Labute approximate surface area is 165 Å². The number of hydrogen-bond acceptors (Lipinski definition) is 4. The van der Waals surface area contributed by atoms with Crippen LogP contribution in [0.15, 0.2) is 46.7 Å². The first-order valence-electron chi connectivity index (χ1n) is 9.32. The van der Waals surface area contributed by atoms with Gasteiger partial charge in [-0.1, -0.05) is 25.3 Å². The zero-order chi connectivity index (χ0) is 19.4. The molecular formula is C20H26N2O3S2. The third kappa shape index (κ3) is 4.59. The van der Waals surface area contributed by atoms with Crippen molar-refractivity contribution in [1.82, 2.24) is 9.62 Å². The lowest BCUT2D eigenvalue weighted by molar-refractivity contribution is 0.0940. The van der Waals surface area contributed by atoms with E-state index in [2.05, 4.69) is 5.32 Å². The van der Waals surface area contributed by atoms with Crippen LogP contribution >= 0.6 is 11.3 Å². The minimum absolute atomic E-state index is 0.0679. The Balaban J connectivity index is 1.69. The molecule has 5 nitrogen and oxygen atoms in total. The molecule has 1 atom stereocenters. The van der Waals surface area contributed by atoms with E-state index in [1.54, 1.807) is 30.5 Å². The maximum atomic E-state index is 12.9. The molecule has 1 unspecified atom stereocenters. The Bertz CT molecular complexity index is 855. The van der Waals surface area contributed by atoms with Gasteiger partial charge in [-0.2, -0.15) is 4.31 Å². The van der Waals surface area contributed by atoms with Crippen molar-refractivity contribution in [2.45, 2.75) is 56.0 Å². The highest BCUT2D eigenvalue weighted by Crippen LogP contribution is 2.26. The number of carbonyl (C=O) groups excluding carboxylic acids is 1. The lowest BCUT2D eigenvalue weighted by Crippen LogP contribution is -2.38. The summed E-state index contributed by atoms with van der Waals surface area (Å²) in [5, 5.41) is 4.92. The molecule has 7 heteroatoms. The smallest absolute Gasteiger partial charge is 0.251 e. The van der Waals surface area contributed by atoms with E-state index < -0.39 is 10.0 Å². The number of hydrogen-bond donors (Lipinski definition) is 1. The van der Waals surface area contributed by atoms with Crippen LogP contribution < -0.4 is 5.32 Å². The number of thiophene rings is 1. The minimum atomic E-state index is -3.54. The number of nitrogens with zero attached hydrogens (tertiary/aromatic N) is 1. The Kier molecular flexibility index (Phi) is 6.34. The van der Waals surface area contributed by atoms with E-state index in [4.69, 9.17) is 0 Å². The van der Waals surface area contributed by atoms with Crippen molar-refractivity contribution in [2.24, 2.45) is 0 Å². The van der Waals surface area contributed by atoms with Crippen molar-refractivity contribution in [3.63, 3.8) is 0 Å². The molecule has 2 aromatic rings. The van der Waals surface area contributed by atoms with Gasteiger partial charge < -0.3 is 5.32 Å². The summed E-state index contributed by atoms with van der Waals surface area (Å²) in [6, 6.07) is 10.1. The van der Waals surface area contributed by atoms with E-state index in [1.165, 1.54) is 22.9 Å². The molecular weight excluding hydrogens is 380 g/mol. The number of sulfonamides is 1. The molecule has 0 radical (unpaired) electrons. The molecule has 0 bridgehead atoms. The number of carbonyl (C=O) groups is 1. The van der Waals surface area contributed by atoms with Gasteiger partial charge in [-0.3, -0.25) is 4.79 Å². The van der Waals surface area contributed by atoms with E-state index >= 15 is 0 Å². The molecule has 0 saturated heterocycles. The Morgan fingerprint density at radius 3 is 2.41 bits per heavy atom. The summed E-state index contributed by atoms with van der Waals surface area (Å²) in [5.41, 5.74) is 0.456. The number of amides is 1. The van der Waals surface area contributed by atoms with Gasteiger partial charge in [-0.25, -0.2) is 8.42 Å². The molecule has 1 aromatic heterocycles. The van der Waals surface area contributed by atoms with Crippen LogP contribution in [-0.2, 0) is 10.0 Å². The molecule has 27 heavy (non-hydrogen) atoms. The van der Waals surface area contributed by atoms with Crippen LogP contribution in [0, 0.1) is 0 Å². The predicted molar refractivity (Wildman–Crippen MR) is 108 cm³/mol. The lowest BCUT2D eigenvalue weighted by atomic mass is 9.96. The molecule has 1 aliphatic carbocycles. The highest BCUT2D eigenvalue weighted by atomic mass is 32.2. The predicted octanol–water partition coefficient (Wildman–Crippen LogP) is 4.19. The molecule has 146 valence electrons. The third-order valence-corrected chi connectivity index (χ3v) is 8.18. The minimum Gasteiger partial charge on any atom is -0.345 e. The maximum absolute atomic E-state index is 12.9. The average Bonchev–Trinajstić information content (AvgIpc) is 3.23. The quantitative estimate of drug-likeness (QED) is 0.782. The van der Waals surface area contributed by atoms with Gasteiger partial charge in [0.15, 0.2) is 0 Å². The zero-order valence-corrected chi connectivity index (χ0v) is 17.4. The van der Waals surface area contributed by atoms with Crippen LogP contribution in [0.3, 0.4) is 0 Å². The molecule has 0 aliphatic heterocycles. The summed E-state index contributed by atoms with van der Waals surface area (Å²) in [6.45, 7) is 1.93. The van der Waals surface area contributed by atoms with Crippen LogP contribution in [-0.4, -0.2) is 31.7 Å². The van der Waals surface area contributed by atoms with Crippen molar-refractivity contribution >= 4 is 27.3 Å². The molecule has 1 amide bonds. The maximum Gasteiger partial charge on any atom is 0.251 e. The molecule has 1 fully saturated rings. The largest absolute Gasteiger partial charge is 0.345 e. The van der Waals surface area contributed by atoms with E-state index in [0.29, 0.717) is 5.56 Å². The fourth-order valence-corrected chi connectivity index (χ4v) is 5.62. The van der Waals surface area contributed by atoms with Gasteiger partial charge in [-0.15, -0.1) is 11.3 Å². The SMILES string of the molecule is CC(NC(=O)c1ccc(S(=O)(=O)N(C)C2CCCCC2)cc1)c1cccs1. The fourth-order valence-electron chi connectivity index (χ4n) is 3.47. The second kappa shape index (κ2) is 8.54. The zero-order valence-electron chi connectivity index (χ0n) is 15.7. The van der Waals surface area contributed by atoms with Gasteiger partial charge in [0.2, 0.25) is 10.0 Å². The monoisotopic (exact) mass is 406 g/mol. The summed E-state index contributed by atoms with van der Waals surface area (Å²) >= 11 is 1.59. The first kappa shape index (κ1) is 20.0. The van der Waals surface area contributed by atoms with Gasteiger partial charge in [0.1, 0.15) is 0 Å². The van der Waals surface area contributed by atoms with E-state index in [0.717, 1.165) is 30.6 Å². The molecule has 1 aliphatic rings. The number of rotatable bonds is 6. The van der Waals surface area contributed by atoms with Crippen LogP contribution in [0.5, 0.6) is 0 Å². The topological polar surface area (TPSA) is 66.5 Å². The molecule has 3 rings (SSSR count). The van der Waals surface area contributed by atoms with Crippen LogP contribution in [0.1, 0.15) is 60.3 Å². The van der Waals surface area contributed by atoms with Crippen LogP contribution in [0.25, 0.3) is 0 Å². The van der Waals surface area contributed by atoms with Gasteiger partial charge in [0, 0.05) is 23.5 Å². The van der Waals surface area contributed by atoms with Crippen LogP contribution in [0.2, 0.25) is 0 Å². The second-order valence-electron chi connectivity index (χ2n) is 7.05. The molecule has 0 spiro atoms. The summed E-state index contributed by atoms with van der Waals surface area (Å²) in [7, 11) is -1.87. The molecule has 1 aromatic carbocycles. The summed E-state index contributed by atoms with van der Waals surface area (Å²) < 4.78 is 27.2. The van der Waals surface area contributed by atoms with Crippen LogP contribution in [0.4, 0.5) is 0 Å². The molecule has 1 saturated carbocycles. The van der Waals surface area contributed by atoms with Crippen molar-refractivity contribution in [1.29, 1.82) is 0 Å². The second-order valence-corrected chi connectivity index (χ2v) is 10.0. The molecule has 1 heterocycles. The van der Waals surface area contributed by atoms with Crippen molar-refractivity contribution < 1.29 is 13.2 Å². The Morgan fingerprint density at radius 2 is 1.81 bits per heavy atom. The van der Waals surface area contributed by atoms with E-state index in [1.807, 2.05) is 24.4 Å². The fraction of sp³-hybridized carbons (Fsp3) is 0.450. The van der Waals surface area contributed by atoms with Gasteiger partial charge >= 0.3 is 0 Å². The summed E-state index contributed by atoms with van der Waals surface area (Å²) in [6.07, 6.45) is 5.16. The van der Waals surface area contributed by atoms with E-state index in [-0.39, 0.29) is 22.9 Å². The van der Waals surface area contributed by atoms with Crippen molar-refractivity contribution in [3.05, 3.63) is 52.2 Å². The first-order valence-corrected chi connectivity index (χ1v) is 11.6. The third-order valence-electron chi connectivity index (χ3n) is 5.20. The highest BCUT2D eigenvalue weighted by Gasteiger charge is 2.29. The first-order chi connectivity index (χ1) is 12.9. The normalized spacial score (nSPS) is 17.0. The number of benzene rings is 1. The standard InChI is InChI=1S/C20H26N2O3S2/c1-15(19-9-6-14-26-19)21-20(23)16-10-12-18(13-11-16)27(24,25)22(2)17-7-4-3-5-8-17/h6,9-15,17H,3-5,7-8H2,1-2H3,(H,21,23). The summed E-state index contributed by atoms with van der Waals surface area (Å²) in [4.78, 5) is 13.7. The summed E-state index contributed by atoms with van der Waals surface area (Å²) in [5.74, 6) is -0.208. The molecule has 1 N–H and O–H groups in total. The lowest BCUT2D eigenvalue weighted by Gasteiger charge is -2.30. The Morgan fingerprint density at radius 1 is 1.15 bits per heavy atom. The highest BCUT2D eigenvalue weighted by molar-refractivity contribution is 7.89.